The van der Waals surface area contributed by atoms with Crippen LogP contribution in [0.1, 0.15) is 0 Å². The van der Waals surface area contributed by atoms with Gasteiger partial charge in [-0.25, -0.2) is 9.13 Å². The molecule has 12 heavy (non-hydrogen) atoms. The summed E-state index contributed by atoms with van der Waals surface area (Å²) in [6.07, 6.45) is 0. The molecule has 0 spiro atoms. The molecule has 0 saturated carbocycles. The van der Waals surface area contributed by atoms with Crippen molar-refractivity contribution in [3.63, 3.8) is 0 Å². The Bertz CT molecular complexity index is 127. The van der Waals surface area contributed by atoms with Gasteiger partial charge in [-0.15, -0.1) is 0 Å². The van der Waals surface area contributed by atoms with Gasteiger partial charge in [0.05, 0.1) is 0 Å². The van der Waals surface area contributed by atoms with Crippen LogP contribution in [-0.2, 0) is 9.13 Å². The summed E-state index contributed by atoms with van der Waals surface area (Å²) < 4.78 is 17.8. The van der Waals surface area contributed by atoms with Crippen molar-refractivity contribution in [3.05, 3.63) is 0 Å². The van der Waals surface area contributed by atoms with E-state index in [0.29, 0.717) is 0 Å². The Hall–Kier alpha value is 1.41. The molecule has 68 valence electrons. The summed E-state index contributed by atoms with van der Waals surface area (Å²) in [4.78, 5) is 43.1. The van der Waals surface area contributed by atoms with Gasteiger partial charge in [0.2, 0.25) is 0 Å². The zero-order chi connectivity index (χ0) is 9.00. The molecule has 0 saturated heterocycles. The Morgan fingerprint density at radius 2 is 0.583 bits per heavy atom. The fourth-order valence-electron chi connectivity index (χ4n) is 0. The predicted octanol–water partition coefficient (Wildman–Crippen LogP) is -3.15. The molecule has 0 aliphatic carbocycles. The minimum atomic E-state index is -4.64. The van der Waals surface area contributed by atoms with Gasteiger partial charge in [0, 0.05) is 0 Å². The summed E-state index contributed by atoms with van der Waals surface area (Å²) in [5.74, 6) is 0. The van der Waals surface area contributed by atoms with E-state index < -0.39 is 15.6 Å². The van der Waals surface area contributed by atoms with Gasteiger partial charge in [-0.2, -0.15) is 0 Å². The van der Waals surface area contributed by atoms with Gasteiger partial charge in [-0.05, 0) is 0 Å². The van der Waals surface area contributed by atoms with Gasteiger partial charge in [-0.1, -0.05) is 0 Å². The third kappa shape index (κ3) is 619. The van der Waals surface area contributed by atoms with E-state index in [-0.39, 0.29) is 37.7 Å². The Morgan fingerprint density at radius 3 is 0.583 bits per heavy atom. The maximum atomic E-state index is 8.88. The first-order valence-electron chi connectivity index (χ1n) is 1.57. The molecule has 0 heterocycles. The first-order valence-corrected chi connectivity index (χ1v) is 4.70. The monoisotopic (exact) mass is 212 g/mol. The third-order valence-electron chi connectivity index (χ3n) is 0. The van der Waals surface area contributed by atoms with Crippen molar-refractivity contribution in [2.75, 3.05) is 0 Å². The maximum absolute atomic E-state index is 8.88. The number of hydrogen-bond donors (Lipinski definition) is 6. The van der Waals surface area contributed by atoms with Crippen LogP contribution in [0.25, 0.3) is 0 Å². The molecule has 0 amide bonds. The summed E-state index contributed by atoms with van der Waals surface area (Å²) in [6, 6.07) is 0. The molecule has 0 fully saturated rings. The quantitative estimate of drug-likeness (QED) is 0.181. The molecular weight excluding hydrogens is 204 g/mol. The molecule has 0 radical (unpaired) electrons. The second kappa shape index (κ2) is 8.99. The minimum absolute atomic E-state index is 0. The Labute approximate surface area is 91.8 Å². The fraction of sp³-hybridized carbons (Fsp3) is 0. The molecule has 8 nitrogen and oxygen atoms in total. The molecule has 0 aliphatic rings. The van der Waals surface area contributed by atoms with Crippen molar-refractivity contribution in [1.82, 2.24) is 0 Å². The van der Waals surface area contributed by atoms with E-state index in [1.807, 2.05) is 0 Å². The van der Waals surface area contributed by atoms with Crippen LogP contribution in [0.5, 0.6) is 0 Å². The topological polar surface area (TPSA) is 156 Å². The van der Waals surface area contributed by atoms with Crippen LogP contribution >= 0.6 is 15.6 Å². The predicted molar refractivity (Wildman–Crippen MR) is 42.8 cm³/mol. The first-order chi connectivity index (χ1) is 4.00. The standard InChI is InChI=1S/2Li.2H3O4P.2H/c;;2*1-5(2,3)4;;/h;;2*(H3,1,2,3,4);;. The molecule has 0 rings (SSSR count). The molecule has 0 bridgehead atoms. The summed E-state index contributed by atoms with van der Waals surface area (Å²) in [6.45, 7) is 0. The van der Waals surface area contributed by atoms with Crippen LogP contribution in [0.3, 0.4) is 0 Å². The van der Waals surface area contributed by atoms with E-state index in [1.54, 1.807) is 0 Å². The van der Waals surface area contributed by atoms with Gasteiger partial charge in [0.25, 0.3) is 0 Å². The van der Waals surface area contributed by atoms with E-state index in [2.05, 4.69) is 0 Å². The number of rotatable bonds is 0. The van der Waals surface area contributed by atoms with Gasteiger partial charge >= 0.3 is 53.4 Å². The zero-order valence-electron chi connectivity index (χ0n) is 4.39. The van der Waals surface area contributed by atoms with Gasteiger partial charge in [-0.3, -0.25) is 0 Å². The van der Waals surface area contributed by atoms with Crippen LogP contribution in [0.2, 0.25) is 0 Å². The van der Waals surface area contributed by atoms with Crippen molar-refractivity contribution in [2.24, 2.45) is 0 Å². The molecule has 0 aromatic heterocycles. The van der Waals surface area contributed by atoms with Gasteiger partial charge in [0.1, 0.15) is 0 Å². The van der Waals surface area contributed by atoms with Crippen LogP contribution in [-0.4, -0.2) is 67.1 Å². The second-order valence-electron chi connectivity index (χ2n) is 1.03. The Morgan fingerprint density at radius 1 is 0.583 bits per heavy atom. The van der Waals surface area contributed by atoms with Crippen molar-refractivity contribution in [2.45, 2.75) is 0 Å². The summed E-state index contributed by atoms with van der Waals surface area (Å²) in [5, 5.41) is 0. The fourth-order valence-corrected chi connectivity index (χ4v) is 0. The van der Waals surface area contributed by atoms with E-state index in [4.69, 9.17) is 38.5 Å². The van der Waals surface area contributed by atoms with Crippen LogP contribution in [0, 0.1) is 0 Å². The molecule has 12 heteroatoms. The number of hydrogen-bond acceptors (Lipinski definition) is 2. The third-order valence-corrected chi connectivity index (χ3v) is 0. The second-order valence-corrected chi connectivity index (χ2v) is 3.08. The Balaban J connectivity index is -0.0000000457. The zero-order valence-corrected chi connectivity index (χ0v) is 6.18. The summed E-state index contributed by atoms with van der Waals surface area (Å²) in [7, 11) is -9.28. The molecule has 0 unspecified atom stereocenters. The molecule has 0 atom stereocenters. The average molecular weight is 212 g/mol. The van der Waals surface area contributed by atoms with E-state index in [0.717, 1.165) is 0 Å². The SMILES string of the molecule is O=P(O)(O)O.O=P(O)(O)O.[LiH].[LiH]. The molecule has 0 aromatic rings. The van der Waals surface area contributed by atoms with Gasteiger partial charge in [0.15, 0.2) is 0 Å². The van der Waals surface area contributed by atoms with Crippen LogP contribution in [0.4, 0.5) is 0 Å². The molecule has 6 N–H and O–H groups in total. The van der Waals surface area contributed by atoms with E-state index in [9.17, 15) is 0 Å². The summed E-state index contributed by atoms with van der Waals surface area (Å²) in [5.41, 5.74) is 0. The molecule has 0 aromatic carbocycles. The molecular formula is H8Li2O8P2. The Kier molecular flexibility index (Phi) is 17.5. The average Bonchev–Trinajstić information content (AvgIpc) is 1.12. The molecule has 0 aliphatic heterocycles. The van der Waals surface area contributed by atoms with E-state index >= 15 is 0 Å². The van der Waals surface area contributed by atoms with Crippen molar-refractivity contribution >= 4 is 53.4 Å². The van der Waals surface area contributed by atoms with Crippen molar-refractivity contribution in [1.29, 1.82) is 0 Å². The van der Waals surface area contributed by atoms with Crippen LogP contribution < -0.4 is 0 Å². The summed E-state index contributed by atoms with van der Waals surface area (Å²) >= 11 is 0. The normalized spacial score (nSPS) is 9.83. The van der Waals surface area contributed by atoms with Crippen molar-refractivity contribution < 1.29 is 38.5 Å². The van der Waals surface area contributed by atoms with Crippen LogP contribution in [0.15, 0.2) is 0 Å². The first kappa shape index (κ1) is 23.3. The van der Waals surface area contributed by atoms with Gasteiger partial charge < -0.3 is 29.4 Å². The number of phosphoric acid groups is 2. The van der Waals surface area contributed by atoms with E-state index in [1.165, 1.54) is 0 Å². The van der Waals surface area contributed by atoms with Crippen molar-refractivity contribution in [3.8, 4) is 0 Å².